The van der Waals surface area contributed by atoms with Crippen molar-refractivity contribution in [3.05, 3.63) is 81.5 Å². The van der Waals surface area contributed by atoms with Crippen molar-refractivity contribution in [3.8, 4) is 0 Å². The maximum Gasteiger partial charge on any atom is 0.0996 e. The molecule has 2 aromatic rings. The summed E-state index contributed by atoms with van der Waals surface area (Å²) in [5.74, 6) is 0. The van der Waals surface area contributed by atoms with Gasteiger partial charge in [-0.15, -0.1) is 0 Å². The number of nitrogens with one attached hydrogen (secondary N) is 2. The standard InChI is InChI=1S/C21H22Cl2N2OS/c1-24-20(27)21(16-10-11-17(22)18(23)13-16)12-6-5-9-19(21)25-26-14-15-7-3-2-4-8-15/h2-4,7-11,13,25H,5-6,12,14H2,1H3,(H,24,27). The first-order chi connectivity index (χ1) is 13.1. The summed E-state index contributed by atoms with van der Waals surface area (Å²) in [6, 6.07) is 15.7. The Morgan fingerprint density at radius 3 is 2.63 bits per heavy atom. The molecule has 2 N–H and O–H groups in total. The lowest BCUT2D eigenvalue weighted by Gasteiger charge is -2.40. The largest absolute Gasteiger partial charge is 0.382 e. The summed E-state index contributed by atoms with van der Waals surface area (Å²) in [5, 5.41) is 4.21. The van der Waals surface area contributed by atoms with E-state index >= 15 is 0 Å². The normalized spacial score (nSPS) is 19.3. The summed E-state index contributed by atoms with van der Waals surface area (Å²) < 4.78 is 0. The molecule has 0 saturated carbocycles. The molecule has 0 aromatic heterocycles. The zero-order valence-corrected chi connectivity index (χ0v) is 17.4. The van der Waals surface area contributed by atoms with Gasteiger partial charge in [0, 0.05) is 7.05 Å². The molecule has 1 aliphatic carbocycles. The molecule has 142 valence electrons. The Hall–Kier alpha value is -1.59. The smallest absolute Gasteiger partial charge is 0.0996 e. The van der Waals surface area contributed by atoms with Crippen LogP contribution < -0.4 is 10.8 Å². The van der Waals surface area contributed by atoms with E-state index in [1.54, 1.807) is 0 Å². The SMILES string of the molecule is CNC(=S)C1(c2ccc(Cl)c(Cl)c2)CCCC=C1NOCc1ccccc1. The van der Waals surface area contributed by atoms with Crippen LogP contribution in [-0.4, -0.2) is 12.0 Å². The third-order valence-electron chi connectivity index (χ3n) is 4.86. The van der Waals surface area contributed by atoms with Gasteiger partial charge in [0.25, 0.3) is 0 Å². The molecule has 0 radical (unpaired) electrons. The van der Waals surface area contributed by atoms with E-state index in [9.17, 15) is 0 Å². The molecule has 0 spiro atoms. The van der Waals surface area contributed by atoms with Crippen molar-refractivity contribution < 1.29 is 4.84 Å². The topological polar surface area (TPSA) is 33.3 Å². The molecule has 0 bridgehead atoms. The van der Waals surface area contributed by atoms with Crippen LogP contribution >= 0.6 is 35.4 Å². The first kappa shape index (κ1) is 20.2. The Bertz CT molecular complexity index is 841. The van der Waals surface area contributed by atoms with Gasteiger partial charge in [-0.3, -0.25) is 10.3 Å². The van der Waals surface area contributed by atoms with Crippen LogP contribution in [0.15, 0.2) is 60.3 Å². The first-order valence-corrected chi connectivity index (χ1v) is 10.0. The molecule has 0 amide bonds. The highest BCUT2D eigenvalue weighted by molar-refractivity contribution is 7.80. The van der Waals surface area contributed by atoms with Gasteiger partial charge in [0.2, 0.25) is 0 Å². The average molecular weight is 421 g/mol. The molecule has 0 fully saturated rings. The van der Waals surface area contributed by atoms with Crippen LogP contribution in [0, 0.1) is 0 Å². The quantitative estimate of drug-likeness (QED) is 0.472. The summed E-state index contributed by atoms with van der Waals surface area (Å²) >= 11 is 18.2. The lowest BCUT2D eigenvalue weighted by atomic mass is 9.70. The van der Waals surface area contributed by atoms with Gasteiger partial charge in [-0.05, 0) is 42.5 Å². The highest BCUT2D eigenvalue weighted by atomic mass is 35.5. The fraction of sp³-hybridized carbons (Fsp3) is 0.286. The molecule has 3 rings (SSSR count). The predicted molar refractivity (Wildman–Crippen MR) is 116 cm³/mol. The Labute approximate surface area is 175 Å². The molecule has 1 atom stereocenters. The molecule has 27 heavy (non-hydrogen) atoms. The highest BCUT2D eigenvalue weighted by Gasteiger charge is 2.42. The minimum Gasteiger partial charge on any atom is -0.382 e. The van der Waals surface area contributed by atoms with Gasteiger partial charge in [0.05, 0.1) is 32.8 Å². The minimum absolute atomic E-state index is 0.460. The third kappa shape index (κ3) is 4.30. The van der Waals surface area contributed by atoms with E-state index in [-0.39, 0.29) is 0 Å². The number of hydrogen-bond donors (Lipinski definition) is 2. The second-order valence-corrected chi connectivity index (χ2v) is 7.72. The predicted octanol–water partition coefficient (Wildman–Crippen LogP) is 5.57. The van der Waals surface area contributed by atoms with Crippen molar-refractivity contribution in [1.29, 1.82) is 0 Å². The van der Waals surface area contributed by atoms with Crippen LogP contribution in [0.1, 0.15) is 30.4 Å². The van der Waals surface area contributed by atoms with Crippen molar-refractivity contribution in [3.63, 3.8) is 0 Å². The van der Waals surface area contributed by atoms with Crippen LogP contribution in [0.2, 0.25) is 10.0 Å². The maximum atomic E-state index is 6.31. The Morgan fingerprint density at radius 2 is 1.93 bits per heavy atom. The van der Waals surface area contributed by atoms with E-state index < -0.39 is 5.41 Å². The number of benzene rings is 2. The molecule has 6 heteroatoms. The Balaban J connectivity index is 1.90. The van der Waals surface area contributed by atoms with Gasteiger partial charge in [-0.25, -0.2) is 0 Å². The molecule has 3 nitrogen and oxygen atoms in total. The van der Waals surface area contributed by atoms with Gasteiger partial charge >= 0.3 is 0 Å². The zero-order chi connectivity index (χ0) is 19.3. The molecule has 1 unspecified atom stereocenters. The number of likely N-dealkylation sites (N-methyl/N-ethyl adjacent to an activating group) is 1. The van der Waals surface area contributed by atoms with E-state index in [1.807, 2.05) is 55.6 Å². The Morgan fingerprint density at radius 1 is 1.15 bits per heavy atom. The fourth-order valence-electron chi connectivity index (χ4n) is 3.46. The van der Waals surface area contributed by atoms with E-state index in [0.717, 1.165) is 41.1 Å². The summed E-state index contributed by atoms with van der Waals surface area (Å²) in [4.78, 5) is 6.54. The van der Waals surface area contributed by atoms with E-state index in [2.05, 4.69) is 16.9 Å². The summed E-state index contributed by atoms with van der Waals surface area (Å²) in [5.41, 5.74) is 5.67. The summed E-state index contributed by atoms with van der Waals surface area (Å²) in [7, 11) is 1.85. The van der Waals surface area contributed by atoms with E-state index in [0.29, 0.717) is 16.7 Å². The van der Waals surface area contributed by atoms with Crippen LogP contribution in [-0.2, 0) is 16.9 Å². The molecule has 0 heterocycles. The van der Waals surface area contributed by atoms with Crippen LogP contribution in [0.5, 0.6) is 0 Å². The number of allylic oxidation sites excluding steroid dienone is 1. The van der Waals surface area contributed by atoms with Crippen molar-refractivity contribution >= 4 is 40.4 Å². The van der Waals surface area contributed by atoms with Crippen molar-refractivity contribution in [2.24, 2.45) is 0 Å². The number of hydrogen-bond acceptors (Lipinski definition) is 3. The fourth-order valence-corrected chi connectivity index (χ4v) is 4.09. The van der Waals surface area contributed by atoms with Gasteiger partial charge in [-0.2, -0.15) is 0 Å². The van der Waals surface area contributed by atoms with Crippen LogP contribution in [0.4, 0.5) is 0 Å². The molecule has 0 aliphatic heterocycles. The molecule has 0 saturated heterocycles. The zero-order valence-electron chi connectivity index (χ0n) is 15.1. The molecular formula is C21H22Cl2N2OS. The number of hydroxylamine groups is 1. The van der Waals surface area contributed by atoms with Gasteiger partial charge in [0.1, 0.15) is 0 Å². The number of halogens is 2. The number of rotatable bonds is 6. The monoisotopic (exact) mass is 420 g/mol. The maximum absolute atomic E-state index is 6.31. The lowest BCUT2D eigenvalue weighted by molar-refractivity contribution is 0.0410. The number of thiocarbonyl (C=S) groups is 1. The summed E-state index contributed by atoms with van der Waals surface area (Å²) in [6.07, 6.45) is 5.00. The average Bonchev–Trinajstić information content (AvgIpc) is 2.70. The van der Waals surface area contributed by atoms with Crippen LogP contribution in [0.3, 0.4) is 0 Å². The molecule has 1 aliphatic rings. The lowest BCUT2D eigenvalue weighted by Crippen LogP contribution is -2.48. The summed E-state index contributed by atoms with van der Waals surface area (Å²) in [6.45, 7) is 0.460. The Kier molecular flexibility index (Phi) is 6.77. The van der Waals surface area contributed by atoms with Gasteiger partial charge in [-0.1, -0.05) is 77.9 Å². The van der Waals surface area contributed by atoms with Gasteiger partial charge in [0.15, 0.2) is 0 Å². The van der Waals surface area contributed by atoms with Crippen molar-refractivity contribution in [2.45, 2.75) is 31.3 Å². The minimum atomic E-state index is -0.521. The van der Waals surface area contributed by atoms with Crippen molar-refractivity contribution in [2.75, 3.05) is 7.05 Å². The van der Waals surface area contributed by atoms with Crippen molar-refractivity contribution in [1.82, 2.24) is 10.8 Å². The van der Waals surface area contributed by atoms with E-state index in [1.165, 1.54) is 0 Å². The van der Waals surface area contributed by atoms with E-state index in [4.69, 9.17) is 40.3 Å². The van der Waals surface area contributed by atoms with Crippen LogP contribution in [0.25, 0.3) is 0 Å². The third-order valence-corrected chi connectivity index (χ3v) is 6.15. The second kappa shape index (κ2) is 9.07. The van der Waals surface area contributed by atoms with Gasteiger partial charge < -0.3 is 5.32 Å². The second-order valence-electron chi connectivity index (χ2n) is 6.50. The molecular weight excluding hydrogens is 399 g/mol. The first-order valence-electron chi connectivity index (χ1n) is 8.88. The highest BCUT2D eigenvalue weighted by Crippen LogP contribution is 2.42. The molecule has 2 aromatic carbocycles.